The lowest BCUT2D eigenvalue weighted by atomic mass is 10.1. The second kappa shape index (κ2) is 7.99. The van der Waals surface area contributed by atoms with Crippen LogP contribution in [0.3, 0.4) is 0 Å². The number of rotatable bonds is 5. The van der Waals surface area contributed by atoms with Gasteiger partial charge in [0.25, 0.3) is 5.91 Å². The number of carbonyl (C=O) groups is 1. The van der Waals surface area contributed by atoms with E-state index >= 15 is 0 Å². The van der Waals surface area contributed by atoms with Gasteiger partial charge in [-0.05, 0) is 56.5 Å². The number of amides is 1. The van der Waals surface area contributed by atoms with Crippen LogP contribution in [0.5, 0.6) is 5.75 Å². The molecule has 5 heteroatoms. The van der Waals surface area contributed by atoms with Crippen molar-refractivity contribution in [2.45, 2.75) is 44.2 Å². The van der Waals surface area contributed by atoms with Crippen LogP contribution in [0.25, 0.3) is 0 Å². The van der Waals surface area contributed by atoms with Crippen molar-refractivity contribution in [2.24, 2.45) is 0 Å². The summed E-state index contributed by atoms with van der Waals surface area (Å²) in [4.78, 5) is 17.2. The maximum Gasteiger partial charge on any atom is 0.256 e. The molecule has 2 saturated heterocycles. The van der Waals surface area contributed by atoms with Gasteiger partial charge in [-0.15, -0.1) is 0 Å². The molecule has 2 aliphatic rings. The van der Waals surface area contributed by atoms with Crippen molar-refractivity contribution >= 4 is 5.91 Å². The Balaban J connectivity index is 1.65. The molecule has 1 aromatic rings. The number of nitrogens with zero attached hydrogens (tertiary/aromatic N) is 2. The van der Waals surface area contributed by atoms with Crippen molar-refractivity contribution in [2.75, 3.05) is 33.3 Å². The molecule has 2 unspecified atom stereocenters. The molecule has 1 N–H and O–H groups in total. The lowest BCUT2D eigenvalue weighted by molar-refractivity contribution is -0.141. The monoisotopic (exact) mass is 332 g/mol. The zero-order valence-electron chi connectivity index (χ0n) is 14.5. The van der Waals surface area contributed by atoms with E-state index in [4.69, 9.17) is 4.74 Å². The molecule has 5 nitrogen and oxygen atoms in total. The summed E-state index contributed by atoms with van der Waals surface area (Å²) in [5.74, 6) is 0.480. The summed E-state index contributed by atoms with van der Waals surface area (Å²) in [6.07, 6.45) is 4.78. The summed E-state index contributed by atoms with van der Waals surface area (Å²) in [7, 11) is 1.59. The summed E-state index contributed by atoms with van der Waals surface area (Å²) >= 11 is 0. The number of aliphatic hydroxyl groups excluding tert-OH is 1. The Morgan fingerprint density at radius 3 is 2.79 bits per heavy atom. The Bertz CT molecular complexity index is 557. The van der Waals surface area contributed by atoms with Crippen LogP contribution in [0.15, 0.2) is 24.3 Å². The summed E-state index contributed by atoms with van der Waals surface area (Å²) in [6.45, 7) is 3.96. The van der Waals surface area contributed by atoms with Gasteiger partial charge in [0.1, 0.15) is 5.75 Å². The molecule has 0 spiro atoms. The molecule has 0 saturated carbocycles. The molecule has 132 valence electrons. The first-order chi connectivity index (χ1) is 11.7. The zero-order chi connectivity index (χ0) is 16.9. The molecule has 1 amide bonds. The van der Waals surface area contributed by atoms with E-state index in [1.807, 2.05) is 11.0 Å². The maximum absolute atomic E-state index is 12.8. The fraction of sp³-hybridized carbons (Fsp3) is 0.632. The van der Waals surface area contributed by atoms with Gasteiger partial charge < -0.3 is 19.6 Å². The van der Waals surface area contributed by atoms with E-state index in [2.05, 4.69) is 4.90 Å². The molecule has 2 atom stereocenters. The Hall–Kier alpha value is -1.59. The summed E-state index contributed by atoms with van der Waals surface area (Å²) < 4.78 is 5.19. The molecule has 2 heterocycles. The van der Waals surface area contributed by atoms with Gasteiger partial charge in [-0.25, -0.2) is 0 Å². The highest BCUT2D eigenvalue weighted by molar-refractivity contribution is 5.82. The average Bonchev–Trinajstić information content (AvgIpc) is 3.09. The van der Waals surface area contributed by atoms with E-state index < -0.39 is 6.10 Å². The van der Waals surface area contributed by atoms with Gasteiger partial charge in [0.05, 0.1) is 7.11 Å². The minimum Gasteiger partial charge on any atom is -0.497 e. The van der Waals surface area contributed by atoms with Crippen molar-refractivity contribution in [3.05, 3.63) is 29.8 Å². The second-order valence-electron chi connectivity index (χ2n) is 6.87. The minimum absolute atomic E-state index is 0.178. The SMILES string of the molecule is COc1cccc(C(O)C(=O)N2CCCC2CN2CCCCC2)c1. The van der Waals surface area contributed by atoms with Gasteiger partial charge in [0.15, 0.2) is 6.10 Å². The number of hydrogen-bond acceptors (Lipinski definition) is 4. The fourth-order valence-corrected chi connectivity index (χ4v) is 3.87. The Labute approximate surface area is 144 Å². The van der Waals surface area contributed by atoms with E-state index in [0.29, 0.717) is 11.3 Å². The summed E-state index contributed by atoms with van der Waals surface area (Å²) in [6, 6.07) is 7.37. The molecule has 2 aliphatic heterocycles. The Kier molecular flexibility index (Phi) is 5.74. The fourth-order valence-electron chi connectivity index (χ4n) is 3.87. The van der Waals surface area contributed by atoms with E-state index in [0.717, 1.165) is 39.0 Å². The van der Waals surface area contributed by atoms with Crippen molar-refractivity contribution in [1.29, 1.82) is 0 Å². The van der Waals surface area contributed by atoms with Gasteiger partial charge in [0.2, 0.25) is 0 Å². The van der Waals surface area contributed by atoms with E-state index in [1.165, 1.54) is 19.3 Å². The van der Waals surface area contributed by atoms with Crippen LogP contribution in [0.4, 0.5) is 0 Å². The van der Waals surface area contributed by atoms with Crippen molar-refractivity contribution in [3.8, 4) is 5.75 Å². The van der Waals surface area contributed by atoms with Crippen LogP contribution in [-0.4, -0.2) is 60.1 Å². The van der Waals surface area contributed by atoms with Crippen molar-refractivity contribution < 1.29 is 14.6 Å². The average molecular weight is 332 g/mol. The van der Waals surface area contributed by atoms with E-state index in [-0.39, 0.29) is 11.9 Å². The lowest BCUT2D eigenvalue weighted by Crippen LogP contribution is -2.46. The number of benzene rings is 1. The highest BCUT2D eigenvalue weighted by Gasteiger charge is 2.34. The first-order valence-corrected chi connectivity index (χ1v) is 9.04. The van der Waals surface area contributed by atoms with E-state index in [1.54, 1.807) is 25.3 Å². The number of hydrogen-bond donors (Lipinski definition) is 1. The molecular formula is C19H28N2O3. The van der Waals surface area contributed by atoms with Crippen LogP contribution in [-0.2, 0) is 4.79 Å². The number of ether oxygens (including phenoxy) is 1. The number of piperidine rings is 1. The topological polar surface area (TPSA) is 53.0 Å². The molecule has 3 rings (SSSR count). The highest BCUT2D eigenvalue weighted by Crippen LogP contribution is 2.26. The van der Waals surface area contributed by atoms with Gasteiger partial charge >= 0.3 is 0 Å². The van der Waals surface area contributed by atoms with Gasteiger partial charge in [-0.3, -0.25) is 4.79 Å². The quantitative estimate of drug-likeness (QED) is 0.898. The zero-order valence-corrected chi connectivity index (χ0v) is 14.5. The second-order valence-corrected chi connectivity index (χ2v) is 6.87. The first kappa shape index (κ1) is 17.2. The largest absolute Gasteiger partial charge is 0.497 e. The number of carbonyl (C=O) groups excluding carboxylic acids is 1. The third-order valence-electron chi connectivity index (χ3n) is 5.22. The van der Waals surface area contributed by atoms with Crippen LogP contribution >= 0.6 is 0 Å². The molecule has 0 radical (unpaired) electrons. The number of methoxy groups -OCH3 is 1. The van der Waals surface area contributed by atoms with Crippen molar-refractivity contribution in [3.63, 3.8) is 0 Å². The first-order valence-electron chi connectivity index (χ1n) is 9.04. The van der Waals surface area contributed by atoms with Crippen LogP contribution in [0, 0.1) is 0 Å². The number of likely N-dealkylation sites (tertiary alicyclic amines) is 2. The van der Waals surface area contributed by atoms with Gasteiger partial charge in [0, 0.05) is 19.1 Å². The van der Waals surface area contributed by atoms with Crippen LogP contribution < -0.4 is 4.74 Å². The van der Waals surface area contributed by atoms with E-state index in [9.17, 15) is 9.90 Å². The molecule has 1 aromatic carbocycles. The number of aliphatic hydroxyl groups is 1. The maximum atomic E-state index is 12.8. The summed E-state index contributed by atoms with van der Waals surface area (Å²) in [5, 5.41) is 10.5. The molecule has 0 bridgehead atoms. The lowest BCUT2D eigenvalue weighted by Gasteiger charge is -2.33. The van der Waals surface area contributed by atoms with Gasteiger partial charge in [-0.1, -0.05) is 18.6 Å². The Morgan fingerprint density at radius 2 is 2.04 bits per heavy atom. The standard InChI is InChI=1S/C19H28N2O3/c1-24-17-9-5-7-15(13-17)18(22)19(23)21-12-6-8-16(21)14-20-10-3-2-4-11-20/h5,7,9,13,16,18,22H,2-4,6,8,10-12,14H2,1H3. The molecule has 0 aromatic heterocycles. The van der Waals surface area contributed by atoms with Crippen LogP contribution in [0.2, 0.25) is 0 Å². The van der Waals surface area contributed by atoms with Gasteiger partial charge in [-0.2, -0.15) is 0 Å². The Morgan fingerprint density at radius 1 is 1.25 bits per heavy atom. The third-order valence-corrected chi connectivity index (χ3v) is 5.22. The van der Waals surface area contributed by atoms with Crippen molar-refractivity contribution in [1.82, 2.24) is 9.80 Å². The predicted molar refractivity (Wildman–Crippen MR) is 93.0 cm³/mol. The predicted octanol–water partition coefficient (Wildman–Crippen LogP) is 2.21. The summed E-state index contributed by atoms with van der Waals surface area (Å²) in [5.41, 5.74) is 0.600. The highest BCUT2D eigenvalue weighted by atomic mass is 16.5. The molecular weight excluding hydrogens is 304 g/mol. The smallest absolute Gasteiger partial charge is 0.256 e. The minimum atomic E-state index is -1.11. The van der Waals surface area contributed by atoms with Crippen LogP contribution in [0.1, 0.15) is 43.8 Å². The molecule has 2 fully saturated rings. The molecule has 24 heavy (non-hydrogen) atoms. The molecule has 0 aliphatic carbocycles. The third kappa shape index (κ3) is 3.90. The normalized spacial score (nSPS) is 23.2.